The van der Waals surface area contributed by atoms with Gasteiger partial charge in [0, 0.05) is 0 Å². The molecule has 2 bridgehead atoms. The van der Waals surface area contributed by atoms with Gasteiger partial charge in [-0.05, 0) is 67.1 Å². The van der Waals surface area contributed by atoms with Crippen LogP contribution in [0.1, 0.15) is 58.3 Å². The van der Waals surface area contributed by atoms with Crippen molar-refractivity contribution < 1.29 is 9.90 Å². The number of nitrogens with one attached hydrogen (secondary N) is 1. The number of carboxylic acid groups (broad SMARTS) is 1. The molecule has 5 atom stereocenters. The third-order valence-electron chi connectivity index (χ3n) is 6.79. The van der Waals surface area contributed by atoms with E-state index in [-0.39, 0.29) is 6.04 Å². The summed E-state index contributed by atoms with van der Waals surface area (Å²) in [4.78, 5) is 11.8. The van der Waals surface area contributed by atoms with E-state index in [1.807, 2.05) is 6.07 Å². The Hall–Kier alpha value is -2.29. The van der Waals surface area contributed by atoms with Gasteiger partial charge < -0.3 is 10.4 Å². The molecular weight excluding hydrogens is 310 g/mol. The summed E-state index contributed by atoms with van der Waals surface area (Å²) in [6.07, 6.45) is 3.92. The van der Waals surface area contributed by atoms with Gasteiger partial charge in [0.15, 0.2) is 0 Å². The van der Waals surface area contributed by atoms with Crippen LogP contribution in [0.4, 0.5) is 5.69 Å². The first kappa shape index (κ1) is 15.0. The lowest BCUT2D eigenvalue weighted by atomic mass is 9.67. The molecular formula is C22H23NO2. The molecule has 1 heterocycles. The fourth-order valence-electron chi connectivity index (χ4n) is 5.80. The minimum absolute atomic E-state index is 0.217. The summed E-state index contributed by atoms with van der Waals surface area (Å²) in [6, 6.07) is 14.8. The quantitative estimate of drug-likeness (QED) is 0.814. The Morgan fingerprint density at radius 3 is 2.60 bits per heavy atom. The van der Waals surface area contributed by atoms with E-state index >= 15 is 0 Å². The van der Waals surface area contributed by atoms with E-state index in [1.54, 1.807) is 6.07 Å². The Kier molecular flexibility index (Phi) is 3.21. The minimum atomic E-state index is -0.839. The molecule has 0 radical (unpaired) electrons. The van der Waals surface area contributed by atoms with E-state index in [2.05, 4.69) is 42.6 Å². The highest BCUT2D eigenvalue weighted by Crippen LogP contribution is 2.63. The van der Waals surface area contributed by atoms with E-state index in [0.717, 1.165) is 11.6 Å². The van der Waals surface area contributed by atoms with Crippen molar-refractivity contribution in [3.05, 3.63) is 64.7 Å². The number of aryl methyl sites for hydroxylation is 1. The van der Waals surface area contributed by atoms with Crippen molar-refractivity contribution >= 4 is 11.7 Å². The Morgan fingerprint density at radius 2 is 1.84 bits per heavy atom. The zero-order chi connectivity index (χ0) is 17.1. The number of para-hydroxylation sites is 1. The largest absolute Gasteiger partial charge is 0.478 e. The van der Waals surface area contributed by atoms with Gasteiger partial charge in [0.2, 0.25) is 0 Å². The van der Waals surface area contributed by atoms with Gasteiger partial charge in [-0.15, -0.1) is 0 Å². The minimum Gasteiger partial charge on any atom is -0.478 e. The topological polar surface area (TPSA) is 49.3 Å². The van der Waals surface area contributed by atoms with Gasteiger partial charge in [0.25, 0.3) is 0 Å². The fraction of sp³-hybridized carbons (Fsp3) is 0.409. The van der Waals surface area contributed by atoms with Crippen LogP contribution in [0.5, 0.6) is 0 Å². The predicted octanol–water partition coefficient (Wildman–Crippen LogP) is 4.99. The van der Waals surface area contributed by atoms with Crippen LogP contribution in [0.25, 0.3) is 0 Å². The molecule has 2 fully saturated rings. The second-order valence-corrected chi connectivity index (χ2v) is 8.04. The van der Waals surface area contributed by atoms with Gasteiger partial charge in [-0.1, -0.05) is 42.0 Å². The maximum Gasteiger partial charge on any atom is 0.337 e. The molecule has 3 heteroatoms. The van der Waals surface area contributed by atoms with Crippen molar-refractivity contribution in [1.82, 2.24) is 0 Å². The molecule has 0 aromatic heterocycles. The predicted molar refractivity (Wildman–Crippen MR) is 98.0 cm³/mol. The van der Waals surface area contributed by atoms with Crippen molar-refractivity contribution in [2.45, 2.75) is 38.1 Å². The Labute approximate surface area is 148 Å². The maximum atomic E-state index is 11.8. The van der Waals surface area contributed by atoms with Crippen molar-refractivity contribution in [2.24, 2.45) is 17.8 Å². The maximum absolute atomic E-state index is 11.8. The van der Waals surface area contributed by atoms with E-state index in [9.17, 15) is 9.90 Å². The lowest BCUT2D eigenvalue weighted by Gasteiger charge is -2.44. The number of aromatic carboxylic acids is 1. The molecule has 2 aliphatic carbocycles. The summed E-state index contributed by atoms with van der Waals surface area (Å²) < 4.78 is 0. The van der Waals surface area contributed by atoms with Crippen LogP contribution in [-0.4, -0.2) is 11.1 Å². The monoisotopic (exact) mass is 333 g/mol. The van der Waals surface area contributed by atoms with E-state index < -0.39 is 5.97 Å². The molecule has 3 nitrogen and oxygen atoms in total. The molecule has 2 saturated carbocycles. The molecule has 0 amide bonds. The molecule has 0 saturated heterocycles. The first-order valence-corrected chi connectivity index (χ1v) is 9.33. The number of anilines is 1. The average Bonchev–Trinajstić information content (AvgIpc) is 3.23. The van der Waals surface area contributed by atoms with Gasteiger partial charge >= 0.3 is 5.97 Å². The van der Waals surface area contributed by atoms with Gasteiger partial charge in [-0.2, -0.15) is 0 Å². The number of hydrogen-bond donors (Lipinski definition) is 2. The molecule has 3 aliphatic rings. The number of carbonyl (C=O) groups is 1. The Bertz CT molecular complexity index is 842. The zero-order valence-corrected chi connectivity index (χ0v) is 14.4. The molecule has 5 unspecified atom stereocenters. The summed E-state index contributed by atoms with van der Waals surface area (Å²) in [5.41, 5.74) is 5.06. The van der Waals surface area contributed by atoms with E-state index in [4.69, 9.17) is 0 Å². The molecule has 1 aliphatic heterocycles. The molecule has 5 rings (SSSR count). The van der Waals surface area contributed by atoms with Crippen LogP contribution >= 0.6 is 0 Å². The smallest absolute Gasteiger partial charge is 0.337 e. The number of hydrogen-bond acceptors (Lipinski definition) is 2. The first-order valence-electron chi connectivity index (χ1n) is 9.33. The highest BCUT2D eigenvalue weighted by Gasteiger charge is 2.54. The zero-order valence-electron chi connectivity index (χ0n) is 14.4. The van der Waals surface area contributed by atoms with Crippen LogP contribution in [0, 0.1) is 24.7 Å². The van der Waals surface area contributed by atoms with E-state index in [0.29, 0.717) is 23.3 Å². The van der Waals surface area contributed by atoms with Crippen LogP contribution in [0.3, 0.4) is 0 Å². The summed E-state index contributed by atoms with van der Waals surface area (Å²) in [6.45, 7) is 2.11. The number of benzene rings is 2. The first-order chi connectivity index (χ1) is 12.1. The SMILES string of the molecule is Cc1ccc(C2Nc3c(C(=O)O)cccc3C3C4CCC(C4)C23)cc1. The van der Waals surface area contributed by atoms with Crippen molar-refractivity contribution in [1.29, 1.82) is 0 Å². The molecule has 128 valence electrons. The van der Waals surface area contributed by atoms with Crippen molar-refractivity contribution in [3.8, 4) is 0 Å². The third-order valence-corrected chi connectivity index (χ3v) is 6.79. The number of fused-ring (bicyclic) bond motifs is 7. The molecule has 0 spiro atoms. The molecule has 2 N–H and O–H groups in total. The molecule has 2 aromatic rings. The Balaban J connectivity index is 1.67. The summed E-state index contributed by atoms with van der Waals surface area (Å²) in [5.74, 6) is 1.72. The third kappa shape index (κ3) is 2.14. The summed E-state index contributed by atoms with van der Waals surface area (Å²) >= 11 is 0. The van der Waals surface area contributed by atoms with Crippen LogP contribution < -0.4 is 5.32 Å². The van der Waals surface area contributed by atoms with Gasteiger partial charge in [-0.3, -0.25) is 0 Å². The number of carboxylic acids is 1. The number of rotatable bonds is 2. The normalized spacial score (nSPS) is 32.0. The second-order valence-electron chi connectivity index (χ2n) is 8.04. The second kappa shape index (κ2) is 5.35. The standard InChI is InChI=1S/C22H23NO2/c1-12-5-7-13(8-6-12)20-19-15-10-9-14(11-15)18(19)16-3-2-4-17(22(24)25)21(16)23-20/h2-8,14-15,18-20,23H,9-11H2,1H3,(H,24,25). The Morgan fingerprint density at radius 1 is 1.08 bits per heavy atom. The fourth-order valence-corrected chi connectivity index (χ4v) is 5.80. The van der Waals surface area contributed by atoms with Gasteiger partial charge in [0.05, 0.1) is 17.3 Å². The molecule has 25 heavy (non-hydrogen) atoms. The van der Waals surface area contributed by atoms with Gasteiger partial charge in [-0.25, -0.2) is 4.79 Å². The summed E-state index contributed by atoms with van der Waals surface area (Å²) in [5, 5.41) is 13.3. The average molecular weight is 333 g/mol. The van der Waals surface area contributed by atoms with Crippen LogP contribution in [0.15, 0.2) is 42.5 Å². The van der Waals surface area contributed by atoms with Crippen LogP contribution in [-0.2, 0) is 0 Å². The van der Waals surface area contributed by atoms with Crippen molar-refractivity contribution in [3.63, 3.8) is 0 Å². The van der Waals surface area contributed by atoms with E-state index in [1.165, 1.54) is 36.0 Å². The lowest BCUT2D eigenvalue weighted by molar-refractivity contribution is 0.0697. The highest BCUT2D eigenvalue weighted by molar-refractivity contribution is 5.95. The summed E-state index contributed by atoms with van der Waals surface area (Å²) in [7, 11) is 0. The van der Waals surface area contributed by atoms with Gasteiger partial charge in [0.1, 0.15) is 0 Å². The van der Waals surface area contributed by atoms with Crippen molar-refractivity contribution in [2.75, 3.05) is 5.32 Å². The van der Waals surface area contributed by atoms with Crippen LogP contribution in [0.2, 0.25) is 0 Å². The highest BCUT2D eigenvalue weighted by atomic mass is 16.4. The molecule has 2 aromatic carbocycles. The lowest BCUT2D eigenvalue weighted by Crippen LogP contribution is -2.36.